The average Bonchev–Trinajstić information content (AvgIpc) is 3.06. The predicted octanol–water partition coefficient (Wildman–Crippen LogP) is 1.48. The van der Waals surface area contributed by atoms with Crippen LogP contribution < -0.4 is 5.32 Å². The Hall–Kier alpha value is -0.650. The molecule has 2 heterocycles. The van der Waals surface area contributed by atoms with E-state index in [1.165, 1.54) is 32.1 Å². The molecular formula is C18H33N3O2. The van der Waals surface area contributed by atoms with E-state index >= 15 is 0 Å². The molecule has 3 rings (SSSR count). The molecule has 0 spiro atoms. The van der Waals surface area contributed by atoms with Gasteiger partial charge in [0, 0.05) is 38.1 Å². The molecule has 1 atom stereocenters. The predicted molar refractivity (Wildman–Crippen MR) is 91.4 cm³/mol. The summed E-state index contributed by atoms with van der Waals surface area (Å²) in [5.74, 6) is 1.01. The van der Waals surface area contributed by atoms with Crippen molar-refractivity contribution in [3.05, 3.63) is 0 Å². The Bertz CT molecular complexity index is 388. The van der Waals surface area contributed by atoms with Gasteiger partial charge >= 0.3 is 0 Å². The topological polar surface area (TPSA) is 44.8 Å². The minimum atomic E-state index is 0.122. The molecule has 5 heteroatoms. The van der Waals surface area contributed by atoms with Crippen LogP contribution >= 0.6 is 0 Å². The Morgan fingerprint density at radius 2 is 1.91 bits per heavy atom. The maximum absolute atomic E-state index is 13.0. The van der Waals surface area contributed by atoms with Crippen LogP contribution in [0.15, 0.2) is 0 Å². The van der Waals surface area contributed by atoms with E-state index in [-0.39, 0.29) is 5.54 Å². The van der Waals surface area contributed by atoms with Crippen molar-refractivity contribution in [1.82, 2.24) is 15.1 Å². The maximum Gasteiger partial charge on any atom is 0.224 e. The first kappa shape index (κ1) is 17.2. The first-order valence-corrected chi connectivity index (χ1v) is 9.49. The number of hydrogen-bond acceptors (Lipinski definition) is 4. The largest absolute Gasteiger partial charge is 0.379 e. The van der Waals surface area contributed by atoms with E-state index < -0.39 is 0 Å². The van der Waals surface area contributed by atoms with Gasteiger partial charge in [-0.2, -0.15) is 0 Å². The lowest BCUT2D eigenvalue weighted by Crippen LogP contribution is -2.55. The van der Waals surface area contributed by atoms with E-state index in [1.54, 1.807) is 0 Å². The van der Waals surface area contributed by atoms with Crippen LogP contribution in [0.4, 0.5) is 0 Å². The van der Waals surface area contributed by atoms with Crippen molar-refractivity contribution in [2.24, 2.45) is 5.92 Å². The zero-order valence-electron chi connectivity index (χ0n) is 14.7. The molecule has 0 radical (unpaired) electrons. The first-order valence-electron chi connectivity index (χ1n) is 9.49. The summed E-state index contributed by atoms with van der Waals surface area (Å²) in [6.45, 7) is 6.56. The van der Waals surface area contributed by atoms with Crippen molar-refractivity contribution in [1.29, 1.82) is 0 Å². The van der Waals surface area contributed by atoms with E-state index in [2.05, 4.69) is 15.1 Å². The van der Waals surface area contributed by atoms with E-state index in [1.807, 2.05) is 7.05 Å². The quantitative estimate of drug-likeness (QED) is 0.832. The summed E-state index contributed by atoms with van der Waals surface area (Å²) in [7, 11) is 2.01. The van der Waals surface area contributed by atoms with Crippen molar-refractivity contribution < 1.29 is 9.53 Å². The summed E-state index contributed by atoms with van der Waals surface area (Å²) >= 11 is 0. The molecule has 3 aliphatic rings. The molecule has 0 bridgehead atoms. The Kier molecular flexibility index (Phi) is 5.94. The number of ether oxygens (including phenoxy) is 1. The number of amides is 1. The van der Waals surface area contributed by atoms with E-state index in [0.29, 0.717) is 11.8 Å². The normalized spacial score (nSPS) is 28.9. The molecule has 1 unspecified atom stereocenters. The van der Waals surface area contributed by atoms with Gasteiger partial charge in [-0.1, -0.05) is 12.8 Å². The van der Waals surface area contributed by atoms with Crippen LogP contribution in [0.25, 0.3) is 0 Å². The van der Waals surface area contributed by atoms with Gasteiger partial charge in [-0.3, -0.25) is 9.69 Å². The highest BCUT2D eigenvalue weighted by Crippen LogP contribution is 2.39. The first-order chi connectivity index (χ1) is 11.2. The second-order valence-electron chi connectivity index (χ2n) is 7.61. The Morgan fingerprint density at radius 1 is 1.17 bits per heavy atom. The van der Waals surface area contributed by atoms with Crippen molar-refractivity contribution >= 4 is 5.91 Å². The van der Waals surface area contributed by atoms with Crippen LogP contribution in [0.2, 0.25) is 0 Å². The van der Waals surface area contributed by atoms with Gasteiger partial charge in [0.05, 0.1) is 13.2 Å². The lowest BCUT2D eigenvalue weighted by molar-refractivity contribution is -0.137. The van der Waals surface area contributed by atoms with Crippen LogP contribution in [0, 0.1) is 5.92 Å². The SMILES string of the molecule is CNCC1CCCN(C(=O)CC2(N3CCOCC3)CCCC2)C1. The number of carbonyl (C=O) groups excluding carboxylic acids is 1. The summed E-state index contributed by atoms with van der Waals surface area (Å²) < 4.78 is 5.52. The minimum absolute atomic E-state index is 0.122. The molecular weight excluding hydrogens is 290 g/mol. The third kappa shape index (κ3) is 4.06. The molecule has 23 heavy (non-hydrogen) atoms. The Balaban J connectivity index is 1.61. The van der Waals surface area contributed by atoms with Crippen molar-refractivity contribution in [3.63, 3.8) is 0 Å². The van der Waals surface area contributed by atoms with Crippen LogP contribution in [0.3, 0.4) is 0 Å². The number of likely N-dealkylation sites (tertiary alicyclic amines) is 1. The van der Waals surface area contributed by atoms with Gasteiger partial charge in [0.1, 0.15) is 0 Å². The van der Waals surface area contributed by atoms with Gasteiger partial charge in [0.25, 0.3) is 0 Å². The third-order valence-corrected chi connectivity index (χ3v) is 6.06. The molecule has 0 aromatic heterocycles. The monoisotopic (exact) mass is 323 g/mol. The highest BCUT2D eigenvalue weighted by Gasteiger charge is 2.42. The fourth-order valence-electron chi connectivity index (χ4n) is 4.82. The van der Waals surface area contributed by atoms with Gasteiger partial charge in [-0.15, -0.1) is 0 Å². The lowest BCUT2D eigenvalue weighted by atomic mass is 9.88. The molecule has 1 saturated carbocycles. The van der Waals surface area contributed by atoms with Crippen LogP contribution in [-0.4, -0.2) is 74.2 Å². The van der Waals surface area contributed by atoms with E-state index in [4.69, 9.17) is 4.74 Å². The Labute approximate surface area is 140 Å². The van der Waals surface area contributed by atoms with E-state index in [9.17, 15) is 4.79 Å². The zero-order chi connectivity index (χ0) is 16.1. The molecule has 2 aliphatic heterocycles. The molecule has 2 saturated heterocycles. The summed E-state index contributed by atoms with van der Waals surface area (Å²) in [6, 6.07) is 0. The van der Waals surface area contributed by atoms with Gasteiger partial charge in [0.2, 0.25) is 5.91 Å². The van der Waals surface area contributed by atoms with E-state index in [0.717, 1.165) is 58.8 Å². The van der Waals surface area contributed by atoms with Crippen molar-refractivity contribution in [2.45, 2.75) is 50.5 Å². The third-order valence-electron chi connectivity index (χ3n) is 6.06. The lowest BCUT2D eigenvalue weighted by Gasteiger charge is -2.44. The van der Waals surface area contributed by atoms with Gasteiger partial charge < -0.3 is 15.0 Å². The zero-order valence-corrected chi connectivity index (χ0v) is 14.7. The van der Waals surface area contributed by atoms with Crippen LogP contribution in [0.5, 0.6) is 0 Å². The molecule has 0 aromatic rings. The number of piperidine rings is 1. The highest BCUT2D eigenvalue weighted by atomic mass is 16.5. The highest BCUT2D eigenvalue weighted by molar-refractivity contribution is 5.77. The minimum Gasteiger partial charge on any atom is -0.379 e. The fourth-order valence-corrected chi connectivity index (χ4v) is 4.82. The molecule has 1 amide bonds. The van der Waals surface area contributed by atoms with Crippen molar-refractivity contribution in [3.8, 4) is 0 Å². The number of carbonyl (C=O) groups is 1. The van der Waals surface area contributed by atoms with Gasteiger partial charge in [-0.05, 0) is 45.2 Å². The molecule has 0 aromatic carbocycles. The summed E-state index contributed by atoms with van der Waals surface area (Å²) in [6.07, 6.45) is 8.04. The number of rotatable bonds is 5. The second kappa shape index (κ2) is 7.95. The number of morpholine rings is 1. The average molecular weight is 323 g/mol. The molecule has 5 nitrogen and oxygen atoms in total. The number of nitrogens with zero attached hydrogens (tertiary/aromatic N) is 2. The van der Waals surface area contributed by atoms with Gasteiger partial charge in [-0.25, -0.2) is 0 Å². The summed E-state index contributed by atoms with van der Waals surface area (Å²) in [5, 5.41) is 3.27. The maximum atomic E-state index is 13.0. The summed E-state index contributed by atoms with van der Waals surface area (Å²) in [5.41, 5.74) is 0.122. The number of nitrogens with one attached hydrogen (secondary N) is 1. The number of hydrogen-bond donors (Lipinski definition) is 1. The summed E-state index contributed by atoms with van der Waals surface area (Å²) in [4.78, 5) is 17.7. The van der Waals surface area contributed by atoms with Crippen LogP contribution in [-0.2, 0) is 9.53 Å². The van der Waals surface area contributed by atoms with Crippen molar-refractivity contribution in [2.75, 3.05) is 53.0 Å². The molecule has 3 fully saturated rings. The Morgan fingerprint density at radius 3 is 2.61 bits per heavy atom. The smallest absolute Gasteiger partial charge is 0.224 e. The van der Waals surface area contributed by atoms with Crippen LogP contribution in [0.1, 0.15) is 44.9 Å². The van der Waals surface area contributed by atoms with Gasteiger partial charge in [0.15, 0.2) is 0 Å². The fraction of sp³-hybridized carbons (Fsp3) is 0.944. The standard InChI is InChI=1S/C18H33N3O2/c1-19-14-16-5-4-8-20(15-16)17(22)13-18(6-2-3-7-18)21-9-11-23-12-10-21/h16,19H,2-15H2,1H3. The molecule has 1 N–H and O–H groups in total. The molecule has 1 aliphatic carbocycles. The second-order valence-corrected chi connectivity index (χ2v) is 7.61. The molecule has 132 valence electrons.